The Balaban J connectivity index is 2.24. The van der Waals surface area contributed by atoms with Crippen LogP contribution in [0.2, 0.25) is 0 Å². The topological polar surface area (TPSA) is 0 Å². The predicted octanol–water partition coefficient (Wildman–Crippen LogP) is 6.68. The molecule has 0 radical (unpaired) electrons. The second-order valence-corrected chi connectivity index (χ2v) is 7.39. The minimum Gasteiger partial charge on any atom is -0.0955 e. The molecule has 0 amide bonds. The van der Waals surface area contributed by atoms with Crippen molar-refractivity contribution in [3.8, 4) is 0 Å². The van der Waals surface area contributed by atoms with Gasteiger partial charge in [-0.3, -0.25) is 0 Å². The first-order chi connectivity index (χ1) is 10.8. The summed E-state index contributed by atoms with van der Waals surface area (Å²) < 4.78 is 0. The molecule has 0 atom stereocenters. The Hall–Kier alpha value is -2.08. The van der Waals surface area contributed by atoms with Gasteiger partial charge in [-0.2, -0.15) is 0 Å². The highest BCUT2D eigenvalue weighted by atomic mass is 14.2. The maximum Gasteiger partial charge on any atom is -0.00197 e. The molecule has 23 heavy (non-hydrogen) atoms. The van der Waals surface area contributed by atoms with E-state index in [1.54, 1.807) is 0 Å². The minimum atomic E-state index is 0.212. The average molecular weight is 304 g/mol. The summed E-state index contributed by atoms with van der Waals surface area (Å²) >= 11 is 0. The molecular weight excluding hydrogens is 276 g/mol. The fourth-order valence-corrected chi connectivity index (χ4v) is 2.84. The summed E-state index contributed by atoms with van der Waals surface area (Å²) in [6.45, 7) is 17.3. The first kappa shape index (κ1) is 17.3. The molecular formula is C23H28. The van der Waals surface area contributed by atoms with Crippen molar-refractivity contribution in [1.29, 1.82) is 0 Å². The van der Waals surface area contributed by atoms with E-state index < -0.39 is 0 Å². The van der Waals surface area contributed by atoms with E-state index in [9.17, 15) is 0 Å². The number of hydrogen-bond acceptors (Lipinski definition) is 0. The molecule has 0 N–H and O–H groups in total. The van der Waals surface area contributed by atoms with Crippen LogP contribution in [-0.4, -0.2) is 0 Å². The van der Waals surface area contributed by atoms with Gasteiger partial charge in [-0.05, 0) is 47.5 Å². The molecule has 0 bridgehead atoms. The monoisotopic (exact) mass is 304 g/mol. The van der Waals surface area contributed by atoms with Crippen molar-refractivity contribution in [2.75, 3.05) is 0 Å². The number of hydrogen-bond donors (Lipinski definition) is 0. The lowest BCUT2D eigenvalue weighted by Crippen LogP contribution is -2.08. The molecule has 0 aliphatic heterocycles. The summed E-state index contributed by atoms with van der Waals surface area (Å²) in [5.41, 5.74) is 7.68. The molecule has 0 heterocycles. The van der Waals surface area contributed by atoms with Crippen LogP contribution < -0.4 is 0 Å². The standard InChI is InChI=1S/C23H28/c1-17(2)22-13-8-7-10-20(22)16-18(3)19-11-9-12-21(15-14-19)23(4,5)6/h7-11,13-15H,1,3,12,16H2,2,4-6H3. The lowest BCUT2D eigenvalue weighted by atomic mass is 9.84. The lowest BCUT2D eigenvalue weighted by molar-refractivity contribution is 0.494. The lowest BCUT2D eigenvalue weighted by Gasteiger charge is -2.21. The zero-order valence-electron chi connectivity index (χ0n) is 14.9. The Bertz CT molecular complexity index is 700. The molecule has 0 saturated heterocycles. The fraction of sp³-hybridized carbons (Fsp3) is 0.304. The van der Waals surface area contributed by atoms with Gasteiger partial charge >= 0.3 is 0 Å². The zero-order chi connectivity index (χ0) is 17.0. The van der Waals surface area contributed by atoms with Crippen molar-refractivity contribution < 1.29 is 0 Å². The van der Waals surface area contributed by atoms with E-state index in [1.165, 1.54) is 22.3 Å². The van der Waals surface area contributed by atoms with Gasteiger partial charge in [-0.15, -0.1) is 0 Å². The van der Waals surface area contributed by atoms with Gasteiger partial charge in [-0.25, -0.2) is 0 Å². The fourth-order valence-electron chi connectivity index (χ4n) is 2.84. The SMILES string of the molecule is C=C(Cc1ccccc1C(=C)C)C1=CC=C(C(C)(C)C)CC=C1. The van der Waals surface area contributed by atoms with Crippen LogP contribution in [0.1, 0.15) is 45.2 Å². The van der Waals surface area contributed by atoms with Crippen molar-refractivity contribution in [3.05, 3.63) is 89.6 Å². The van der Waals surface area contributed by atoms with E-state index in [0.717, 1.165) is 24.0 Å². The Morgan fingerprint density at radius 3 is 2.43 bits per heavy atom. The molecule has 1 aliphatic carbocycles. The van der Waals surface area contributed by atoms with Gasteiger partial charge in [0.25, 0.3) is 0 Å². The minimum absolute atomic E-state index is 0.212. The largest absolute Gasteiger partial charge is 0.0955 e. The Labute approximate surface area is 141 Å². The maximum absolute atomic E-state index is 4.32. The summed E-state index contributed by atoms with van der Waals surface area (Å²) in [4.78, 5) is 0. The third-order valence-electron chi connectivity index (χ3n) is 4.35. The predicted molar refractivity (Wildman–Crippen MR) is 103 cm³/mol. The van der Waals surface area contributed by atoms with Crippen molar-refractivity contribution >= 4 is 5.57 Å². The summed E-state index contributed by atoms with van der Waals surface area (Å²) in [5, 5.41) is 0. The molecule has 1 aromatic carbocycles. The molecule has 2 rings (SSSR count). The molecule has 0 saturated carbocycles. The Kier molecular flexibility index (Phi) is 5.26. The van der Waals surface area contributed by atoms with Crippen LogP contribution in [0.25, 0.3) is 5.57 Å². The van der Waals surface area contributed by atoms with Crippen LogP contribution in [0, 0.1) is 5.41 Å². The number of rotatable bonds is 4. The average Bonchev–Trinajstić information content (AvgIpc) is 2.73. The second-order valence-electron chi connectivity index (χ2n) is 7.39. The van der Waals surface area contributed by atoms with E-state index in [1.807, 2.05) is 0 Å². The van der Waals surface area contributed by atoms with Crippen LogP contribution in [0.4, 0.5) is 0 Å². The third kappa shape index (κ3) is 4.45. The van der Waals surface area contributed by atoms with Crippen LogP contribution in [-0.2, 0) is 6.42 Å². The smallest absolute Gasteiger partial charge is 0.00197 e. The number of allylic oxidation sites excluding steroid dienone is 8. The second kappa shape index (κ2) is 7.00. The van der Waals surface area contributed by atoms with Gasteiger partial charge in [0.1, 0.15) is 0 Å². The molecule has 0 heteroatoms. The van der Waals surface area contributed by atoms with Crippen LogP contribution >= 0.6 is 0 Å². The van der Waals surface area contributed by atoms with E-state index in [4.69, 9.17) is 0 Å². The first-order valence-electron chi connectivity index (χ1n) is 8.29. The summed E-state index contributed by atoms with van der Waals surface area (Å²) in [6, 6.07) is 8.47. The van der Waals surface area contributed by atoms with E-state index >= 15 is 0 Å². The van der Waals surface area contributed by atoms with Crippen molar-refractivity contribution in [2.24, 2.45) is 5.41 Å². The van der Waals surface area contributed by atoms with Gasteiger partial charge in [0.15, 0.2) is 0 Å². The van der Waals surface area contributed by atoms with E-state index in [2.05, 4.69) is 89.4 Å². The van der Waals surface area contributed by atoms with Crippen molar-refractivity contribution in [3.63, 3.8) is 0 Å². The molecule has 1 aromatic rings. The van der Waals surface area contributed by atoms with Crippen LogP contribution in [0.3, 0.4) is 0 Å². The molecule has 1 aliphatic rings. The molecule has 0 unspecified atom stereocenters. The van der Waals surface area contributed by atoms with Crippen LogP contribution in [0.5, 0.6) is 0 Å². The molecule has 0 fully saturated rings. The maximum atomic E-state index is 4.32. The summed E-state index contributed by atoms with van der Waals surface area (Å²) in [5.74, 6) is 0. The van der Waals surface area contributed by atoms with Gasteiger partial charge in [0.05, 0.1) is 0 Å². The normalized spacial score (nSPS) is 14.8. The van der Waals surface area contributed by atoms with Crippen molar-refractivity contribution in [2.45, 2.75) is 40.5 Å². The molecule has 0 spiro atoms. The van der Waals surface area contributed by atoms with Gasteiger partial charge < -0.3 is 0 Å². The van der Waals surface area contributed by atoms with E-state index in [-0.39, 0.29) is 5.41 Å². The first-order valence-corrected chi connectivity index (χ1v) is 8.29. The highest BCUT2D eigenvalue weighted by molar-refractivity contribution is 5.65. The van der Waals surface area contributed by atoms with Gasteiger partial charge in [0, 0.05) is 0 Å². The molecule has 0 aromatic heterocycles. The van der Waals surface area contributed by atoms with Gasteiger partial charge in [0.2, 0.25) is 0 Å². The third-order valence-corrected chi connectivity index (χ3v) is 4.35. The highest BCUT2D eigenvalue weighted by Gasteiger charge is 2.16. The van der Waals surface area contributed by atoms with Gasteiger partial charge in [-0.1, -0.05) is 93.6 Å². The Morgan fingerprint density at radius 2 is 1.78 bits per heavy atom. The quantitative estimate of drug-likeness (QED) is 0.582. The molecule has 120 valence electrons. The summed E-state index contributed by atoms with van der Waals surface area (Å²) in [6.07, 6.45) is 10.8. The number of benzene rings is 1. The van der Waals surface area contributed by atoms with Crippen LogP contribution in [0.15, 0.2) is 78.4 Å². The van der Waals surface area contributed by atoms with Crippen molar-refractivity contribution in [1.82, 2.24) is 0 Å². The highest BCUT2D eigenvalue weighted by Crippen LogP contribution is 2.31. The van der Waals surface area contributed by atoms with E-state index in [0.29, 0.717) is 0 Å². The Morgan fingerprint density at radius 1 is 1.09 bits per heavy atom. The zero-order valence-corrected chi connectivity index (χ0v) is 14.9. The molecule has 0 nitrogen and oxygen atoms in total. The summed E-state index contributed by atoms with van der Waals surface area (Å²) in [7, 11) is 0.